The van der Waals surface area contributed by atoms with E-state index in [9.17, 15) is 19.8 Å². The van der Waals surface area contributed by atoms with Crippen LogP contribution in [0.1, 0.15) is 77.6 Å². The van der Waals surface area contributed by atoms with E-state index >= 15 is 0 Å². The second-order valence-electron chi connectivity index (χ2n) is 5.87. The van der Waals surface area contributed by atoms with Crippen LogP contribution in [0, 0.1) is 0 Å². The van der Waals surface area contributed by atoms with Gasteiger partial charge in [-0.15, -0.1) is 0 Å². The second kappa shape index (κ2) is 9.79. The number of carbonyl (C=O) groups is 2. The maximum atomic E-state index is 11.8. The molecule has 0 spiro atoms. The average molecular weight is 316 g/mol. The molecule has 128 valence electrons. The molecule has 0 aromatic carbocycles. The zero-order chi connectivity index (χ0) is 16.4. The molecular weight excluding hydrogens is 288 g/mol. The van der Waals surface area contributed by atoms with Gasteiger partial charge < -0.3 is 19.7 Å². The van der Waals surface area contributed by atoms with E-state index in [0.717, 1.165) is 38.5 Å². The normalized spacial score (nSPS) is 25.0. The van der Waals surface area contributed by atoms with Crippen molar-refractivity contribution in [3.05, 3.63) is 0 Å². The van der Waals surface area contributed by atoms with Gasteiger partial charge in [0.1, 0.15) is 0 Å². The Morgan fingerprint density at radius 3 is 2.14 bits per heavy atom. The van der Waals surface area contributed by atoms with Crippen LogP contribution in [0.25, 0.3) is 0 Å². The lowest BCUT2D eigenvalue weighted by atomic mass is 10.1. The van der Waals surface area contributed by atoms with E-state index in [2.05, 4.69) is 0 Å². The molecule has 6 heteroatoms. The molecule has 6 nitrogen and oxygen atoms in total. The lowest BCUT2D eigenvalue weighted by molar-refractivity contribution is -0.360. The van der Waals surface area contributed by atoms with Crippen LogP contribution in [0.4, 0.5) is 0 Å². The van der Waals surface area contributed by atoms with Gasteiger partial charge in [0.25, 0.3) is 0 Å². The molecule has 0 bridgehead atoms. The summed E-state index contributed by atoms with van der Waals surface area (Å²) in [5.41, 5.74) is 0. The quantitative estimate of drug-likeness (QED) is 0.613. The highest BCUT2D eigenvalue weighted by Crippen LogP contribution is 2.22. The fraction of sp³-hybridized carbons (Fsp3) is 0.875. The monoisotopic (exact) mass is 316 g/mol. The molecule has 0 saturated carbocycles. The Labute approximate surface area is 131 Å². The number of hydrogen-bond donors (Lipinski definition) is 2. The molecule has 1 rings (SSSR count). The average Bonchev–Trinajstić information content (AvgIpc) is 2.44. The van der Waals surface area contributed by atoms with Crippen LogP contribution in [0.5, 0.6) is 0 Å². The number of ether oxygens (including phenoxy) is 2. The zero-order valence-corrected chi connectivity index (χ0v) is 13.4. The molecule has 1 aliphatic rings. The molecule has 22 heavy (non-hydrogen) atoms. The molecule has 1 unspecified atom stereocenters. The van der Waals surface area contributed by atoms with Gasteiger partial charge in [-0.25, -0.2) is 0 Å². The topological polar surface area (TPSA) is 93.1 Å². The predicted molar refractivity (Wildman–Crippen MR) is 79.6 cm³/mol. The Morgan fingerprint density at radius 1 is 1.00 bits per heavy atom. The molecule has 1 aliphatic heterocycles. The van der Waals surface area contributed by atoms with Gasteiger partial charge in [0.15, 0.2) is 6.10 Å². The summed E-state index contributed by atoms with van der Waals surface area (Å²) in [5.74, 6) is -3.92. The van der Waals surface area contributed by atoms with E-state index in [0.29, 0.717) is 12.8 Å². The number of cyclic esters (lactones) is 2. The van der Waals surface area contributed by atoms with Crippen molar-refractivity contribution in [1.82, 2.24) is 0 Å². The van der Waals surface area contributed by atoms with Crippen LogP contribution in [-0.4, -0.2) is 34.2 Å². The van der Waals surface area contributed by atoms with Crippen LogP contribution in [0.2, 0.25) is 0 Å². The highest BCUT2D eigenvalue weighted by molar-refractivity contribution is 5.70. The summed E-state index contributed by atoms with van der Waals surface area (Å²) in [6.07, 6.45) is 6.04. The van der Waals surface area contributed by atoms with Gasteiger partial charge in [-0.2, -0.15) is 0 Å². The van der Waals surface area contributed by atoms with Crippen LogP contribution < -0.4 is 0 Å². The minimum atomic E-state index is -2.76. The maximum absolute atomic E-state index is 11.8. The van der Waals surface area contributed by atoms with Gasteiger partial charge in [0, 0.05) is 12.8 Å². The first kappa shape index (κ1) is 18.9. The number of carbonyl (C=O) groups excluding carboxylic acids is 2. The predicted octanol–water partition coefficient (Wildman–Crippen LogP) is 2.40. The number of aliphatic hydroxyl groups is 2. The molecule has 1 atom stereocenters. The van der Waals surface area contributed by atoms with E-state index < -0.39 is 24.0 Å². The molecule has 0 radical (unpaired) electrons. The molecule has 0 aliphatic carbocycles. The van der Waals surface area contributed by atoms with Crippen molar-refractivity contribution in [3.63, 3.8) is 0 Å². The Kier molecular flexibility index (Phi) is 8.42. The minimum absolute atomic E-state index is 0.136. The van der Waals surface area contributed by atoms with E-state index in [-0.39, 0.29) is 19.3 Å². The number of unbranched alkanes of at least 4 members (excludes halogenated alkanes) is 1. The Morgan fingerprint density at radius 2 is 1.55 bits per heavy atom. The SMILES string of the molecule is CCCCC1OC(=O)CCCCCCCCC(=O)OC1(O)O. The van der Waals surface area contributed by atoms with Crippen molar-refractivity contribution in [2.45, 2.75) is 89.6 Å². The summed E-state index contributed by atoms with van der Waals surface area (Å²) >= 11 is 0. The Hall–Kier alpha value is -1.14. The smallest absolute Gasteiger partial charge is 0.363 e. The number of rotatable bonds is 3. The van der Waals surface area contributed by atoms with Crippen molar-refractivity contribution < 1.29 is 29.3 Å². The standard InChI is InChI=1S/C16H28O6/c1-2-3-10-13-16(19,20)22-15(18)12-9-7-5-4-6-8-11-14(17)21-13/h13,19-20H,2-12H2,1H3. The van der Waals surface area contributed by atoms with Gasteiger partial charge in [-0.05, 0) is 25.7 Å². The van der Waals surface area contributed by atoms with Crippen LogP contribution in [0.15, 0.2) is 0 Å². The summed E-state index contributed by atoms with van der Waals surface area (Å²) in [6, 6.07) is 0. The highest BCUT2D eigenvalue weighted by Gasteiger charge is 2.41. The second-order valence-corrected chi connectivity index (χ2v) is 5.87. The molecular formula is C16H28O6. The lowest BCUT2D eigenvalue weighted by Crippen LogP contribution is -2.48. The molecule has 0 aromatic heterocycles. The fourth-order valence-corrected chi connectivity index (χ4v) is 2.46. The fourth-order valence-electron chi connectivity index (χ4n) is 2.46. The first-order valence-corrected chi connectivity index (χ1v) is 8.31. The molecule has 0 aromatic rings. The Bertz CT molecular complexity index is 353. The molecule has 0 amide bonds. The highest BCUT2D eigenvalue weighted by atomic mass is 16.8. The van der Waals surface area contributed by atoms with Crippen molar-refractivity contribution in [2.75, 3.05) is 0 Å². The van der Waals surface area contributed by atoms with Crippen molar-refractivity contribution in [2.24, 2.45) is 0 Å². The zero-order valence-electron chi connectivity index (χ0n) is 13.4. The van der Waals surface area contributed by atoms with E-state index in [1.807, 2.05) is 6.92 Å². The summed E-state index contributed by atoms with van der Waals surface area (Å²) < 4.78 is 9.88. The first-order valence-electron chi connectivity index (χ1n) is 8.31. The molecule has 1 saturated heterocycles. The van der Waals surface area contributed by atoms with Crippen LogP contribution in [-0.2, 0) is 19.1 Å². The number of esters is 2. The largest absolute Gasteiger partial charge is 0.452 e. The van der Waals surface area contributed by atoms with Crippen LogP contribution in [0.3, 0.4) is 0 Å². The summed E-state index contributed by atoms with van der Waals surface area (Å²) in [6.45, 7) is 1.94. The summed E-state index contributed by atoms with van der Waals surface area (Å²) in [7, 11) is 0. The van der Waals surface area contributed by atoms with Gasteiger partial charge in [0.05, 0.1) is 0 Å². The lowest BCUT2D eigenvalue weighted by Gasteiger charge is -2.30. The molecule has 1 heterocycles. The summed E-state index contributed by atoms with van der Waals surface area (Å²) in [4.78, 5) is 23.5. The van der Waals surface area contributed by atoms with E-state index in [4.69, 9.17) is 9.47 Å². The third-order valence-corrected chi connectivity index (χ3v) is 3.79. The summed E-state index contributed by atoms with van der Waals surface area (Å²) in [5, 5.41) is 20.0. The third kappa shape index (κ3) is 7.22. The molecule has 1 fully saturated rings. The van der Waals surface area contributed by atoms with Crippen molar-refractivity contribution in [3.8, 4) is 0 Å². The van der Waals surface area contributed by atoms with Gasteiger partial charge >= 0.3 is 17.9 Å². The van der Waals surface area contributed by atoms with Gasteiger partial charge in [-0.1, -0.05) is 39.0 Å². The van der Waals surface area contributed by atoms with Crippen molar-refractivity contribution >= 4 is 11.9 Å². The maximum Gasteiger partial charge on any atom is 0.363 e. The third-order valence-electron chi connectivity index (χ3n) is 3.79. The van der Waals surface area contributed by atoms with E-state index in [1.54, 1.807) is 0 Å². The number of hydrogen-bond acceptors (Lipinski definition) is 6. The molecule has 2 N–H and O–H groups in total. The van der Waals surface area contributed by atoms with E-state index in [1.165, 1.54) is 0 Å². The Balaban J connectivity index is 2.73. The van der Waals surface area contributed by atoms with Gasteiger partial charge in [-0.3, -0.25) is 9.59 Å². The minimum Gasteiger partial charge on any atom is -0.452 e. The first-order chi connectivity index (χ1) is 10.5. The van der Waals surface area contributed by atoms with Crippen LogP contribution >= 0.6 is 0 Å². The van der Waals surface area contributed by atoms with Crippen molar-refractivity contribution in [1.29, 1.82) is 0 Å². The van der Waals surface area contributed by atoms with Gasteiger partial charge in [0.2, 0.25) is 0 Å².